The fraction of sp³-hybridized carbons (Fsp3) is 0.500. The average molecular weight is 310 g/mol. The van der Waals surface area contributed by atoms with Crippen LogP contribution in [0, 0.1) is 0 Å². The molecule has 1 aliphatic heterocycles. The van der Waals surface area contributed by atoms with E-state index in [0.717, 1.165) is 50.0 Å². The first kappa shape index (κ1) is 14.4. The van der Waals surface area contributed by atoms with E-state index >= 15 is 0 Å². The van der Waals surface area contributed by atoms with Gasteiger partial charge in [0.2, 0.25) is 0 Å². The van der Waals surface area contributed by atoms with Crippen molar-refractivity contribution in [3.63, 3.8) is 0 Å². The highest BCUT2D eigenvalue weighted by Crippen LogP contribution is 2.27. The van der Waals surface area contributed by atoms with Crippen LogP contribution in [0.2, 0.25) is 0 Å². The molecule has 2 aromatic heterocycles. The number of likely N-dealkylation sites (tertiary alicyclic amines) is 1. The molecule has 2 aromatic rings. The third-order valence-corrected chi connectivity index (χ3v) is 5.09. The first-order valence-electron chi connectivity index (χ1n) is 8.57. The second-order valence-corrected chi connectivity index (χ2v) is 6.64. The van der Waals surface area contributed by atoms with Crippen molar-refractivity contribution in [2.45, 2.75) is 44.4 Å². The highest BCUT2D eigenvalue weighted by molar-refractivity contribution is 5.94. The van der Waals surface area contributed by atoms with E-state index in [4.69, 9.17) is 0 Å². The van der Waals surface area contributed by atoms with Crippen LogP contribution in [0.3, 0.4) is 0 Å². The zero-order valence-corrected chi connectivity index (χ0v) is 13.3. The van der Waals surface area contributed by atoms with Crippen molar-refractivity contribution in [1.29, 1.82) is 0 Å². The number of amides is 1. The van der Waals surface area contributed by atoms with Gasteiger partial charge in [-0.15, -0.1) is 0 Å². The average Bonchev–Trinajstić information content (AvgIpc) is 3.15. The number of nitrogens with zero attached hydrogens (tertiary/aromatic N) is 3. The van der Waals surface area contributed by atoms with E-state index in [9.17, 15) is 4.79 Å². The molecule has 1 atom stereocenters. The number of aromatic amines is 1. The minimum Gasteiger partial charge on any atom is -0.338 e. The Labute approximate surface area is 136 Å². The van der Waals surface area contributed by atoms with Gasteiger partial charge in [-0.2, -0.15) is 5.10 Å². The van der Waals surface area contributed by atoms with Crippen LogP contribution in [0.1, 0.15) is 58.9 Å². The Balaban J connectivity index is 1.52. The van der Waals surface area contributed by atoms with Crippen molar-refractivity contribution < 1.29 is 4.79 Å². The topological polar surface area (TPSA) is 61.9 Å². The van der Waals surface area contributed by atoms with Crippen molar-refractivity contribution in [2.24, 2.45) is 0 Å². The van der Waals surface area contributed by atoms with Crippen molar-refractivity contribution in [2.75, 3.05) is 13.1 Å². The second-order valence-electron chi connectivity index (χ2n) is 6.64. The molecule has 1 fully saturated rings. The van der Waals surface area contributed by atoms with Crippen LogP contribution in [-0.2, 0) is 12.8 Å². The molecule has 0 aromatic carbocycles. The smallest absolute Gasteiger partial charge is 0.255 e. The van der Waals surface area contributed by atoms with Gasteiger partial charge in [0.15, 0.2) is 0 Å². The predicted octanol–water partition coefficient (Wildman–Crippen LogP) is 2.70. The molecule has 0 unspecified atom stereocenters. The minimum atomic E-state index is 0.120. The van der Waals surface area contributed by atoms with Crippen molar-refractivity contribution in [3.05, 3.63) is 47.0 Å². The summed E-state index contributed by atoms with van der Waals surface area (Å²) in [7, 11) is 0. The van der Waals surface area contributed by atoms with Crippen molar-refractivity contribution in [1.82, 2.24) is 20.1 Å². The molecule has 1 N–H and O–H groups in total. The summed E-state index contributed by atoms with van der Waals surface area (Å²) in [6.07, 6.45) is 10.2. The number of fused-ring (bicyclic) bond motifs is 1. The third-order valence-electron chi connectivity index (χ3n) is 5.09. The van der Waals surface area contributed by atoms with E-state index in [1.165, 1.54) is 24.1 Å². The summed E-state index contributed by atoms with van der Waals surface area (Å²) in [5.41, 5.74) is 4.33. The van der Waals surface area contributed by atoms with Gasteiger partial charge in [-0.1, -0.05) is 0 Å². The maximum Gasteiger partial charge on any atom is 0.255 e. The normalized spacial score (nSPS) is 21.0. The molecule has 23 heavy (non-hydrogen) atoms. The molecule has 4 rings (SSSR count). The SMILES string of the molecule is O=C(c1cnc2c(c1)CCCC2)N1CCC[C@H](c2ccn[nH]2)C1. The number of carbonyl (C=O) groups is 1. The quantitative estimate of drug-likeness (QED) is 0.927. The first-order valence-corrected chi connectivity index (χ1v) is 8.57. The standard InChI is InChI=1S/C18H22N4O/c23-18(15-10-13-4-1-2-6-16(13)19-11-15)22-9-3-5-14(12-22)17-7-8-20-21-17/h7-8,10-11,14H,1-6,9,12H2,(H,20,21)/t14-/m0/s1. The molecule has 1 aliphatic carbocycles. The van der Waals surface area contributed by atoms with Gasteiger partial charge in [0.05, 0.1) is 5.56 Å². The number of aryl methyl sites for hydroxylation is 2. The number of H-pyrrole nitrogens is 1. The van der Waals surface area contributed by atoms with Crippen LogP contribution in [0.15, 0.2) is 24.5 Å². The summed E-state index contributed by atoms with van der Waals surface area (Å²) in [6.45, 7) is 1.60. The second kappa shape index (κ2) is 6.14. The van der Waals surface area contributed by atoms with E-state index < -0.39 is 0 Å². The van der Waals surface area contributed by atoms with Gasteiger partial charge in [-0.25, -0.2) is 0 Å². The Morgan fingerprint density at radius 2 is 2.17 bits per heavy atom. The zero-order chi connectivity index (χ0) is 15.6. The summed E-state index contributed by atoms with van der Waals surface area (Å²) in [6, 6.07) is 4.09. The van der Waals surface area contributed by atoms with Gasteiger partial charge in [0.25, 0.3) is 5.91 Å². The van der Waals surface area contributed by atoms with Crippen LogP contribution in [0.4, 0.5) is 0 Å². The monoisotopic (exact) mass is 310 g/mol. The number of carbonyl (C=O) groups excluding carboxylic acids is 1. The van der Waals surface area contributed by atoms with E-state index in [0.29, 0.717) is 5.92 Å². The van der Waals surface area contributed by atoms with Gasteiger partial charge >= 0.3 is 0 Å². The zero-order valence-electron chi connectivity index (χ0n) is 13.3. The van der Waals surface area contributed by atoms with Crippen molar-refractivity contribution in [3.8, 4) is 0 Å². The van der Waals surface area contributed by atoms with Gasteiger partial charge in [-0.3, -0.25) is 14.9 Å². The lowest BCUT2D eigenvalue weighted by Gasteiger charge is -2.32. The number of aromatic nitrogens is 3. The van der Waals surface area contributed by atoms with Crippen molar-refractivity contribution >= 4 is 5.91 Å². The Morgan fingerprint density at radius 1 is 1.26 bits per heavy atom. The Morgan fingerprint density at radius 3 is 3.04 bits per heavy atom. The summed E-state index contributed by atoms with van der Waals surface area (Å²) in [4.78, 5) is 19.4. The highest BCUT2D eigenvalue weighted by atomic mass is 16.2. The van der Waals surface area contributed by atoms with E-state index in [1.807, 2.05) is 11.0 Å². The molecule has 3 heterocycles. The van der Waals surface area contributed by atoms with Crippen LogP contribution in [0.25, 0.3) is 0 Å². The van der Waals surface area contributed by atoms with Crippen LogP contribution < -0.4 is 0 Å². The Hall–Kier alpha value is -2.17. The minimum absolute atomic E-state index is 0.120. The molecule has 0 saturated carbocycles. The molecular weight excluding hydrogens is 288 g/mol. The molecule has 2 aliphatic rings. The summed E-state index contributed by atoms with van der Waals surface area (Å²) >= 11 is 0. The Bertz CT molecular complexity index is 695. The maximum atomic E-state index is 12.9. The van der Waals surface area contributed by atoms with Crippen LogP contribution in [0.5, 0.6) is 0 Å². The number of piperidine rings is 1. The third kappa shape index (κ3) is 2.87. The van der Waals surface area contributed by atoms with Gasteiger partial charge in [-0.05, 0) is 56.2 Å². The Kier molecular flexibility index (Phi) is 3.85. The molecule has 1 amide bonds. The first-order chi connectivity index (χ1) is 11.3. The van der Waals surface area contributed by atoms with Crippen LogP contribution in [-0.4, -0.2) is 39.1 Å². The summed E-state index contributed by atoms with van der Waals surface area (Å²) < 4.78 is 0. The molecule has 0 bridgehead atoms. The fourth-order valence-corrected chi connectivity index (χ4v) is 3.80. The summed E-state index contributed by atoms with van der Waals surface area (Å²) in [5, 5.41) is 7.08. The predicted molar refractivity (Wildman–Crippen MR) is 87.3 cm³/mol. The molecule has 5 nitrogen and oxygen atoms in total. The number of rotatable bonds is 2. The number of pyridine rings is 1. The summed E-state index contributed by atoms with van der Waals surface area (Å²) in [5.74, 6) is 0.482. The van der Waals surface area contributed by atoms with Gasteiger partial charge < -0.3 is 4.90 Å². The number of hydrogen-bond acceptors (Lipinski definition) is 3. The van der Waals surface area contributed by atoms with E-state index in [2.05, 4.69) is 21.2 Å². The molecule has 1 saturated heterocycles. The van der Waals surface area contributed by atoms with Gasteiger partial charge in [0.1, 0.15) is 0 Å². The van der Waals surface area contributed by atoms with Gasteiger partial charge in [0, 0.05) is 42.8 Å². The lowest BCUT2D eigenvalue weighted by atomic mass is 9.93. The molecule has 0 spiro atoms. The highest BCUT2D eigenvalue weighted by Gasteiger charge is 2.27. The molecular formula is C18H22N4O. The number of hydrogen-bond donors (Lipinski definition) is 1. The fourth-order valence-electron chi connectivity index (χ4n) is 3.80. The van der Waals surface area contributed by atoms with Crippen LogP contribution >= 0.6 is 0 Å². The lowest BCUT2D eigenvalue weighted by molar-refractivity contribution is 0.0705. The lowest BCUT2D eigenvalue weighted by Crippen LogP contribution is -2.39. The maximum absolute atomic E-state index is 12.9. The largest absolute Gasteiger partial charge is 0.338 e. The molecule has 120 valence electrons. The van der Waals surface area contributed by atoms with E-state index in [1.54, 1.807) is 12.4 Å². The van der Waals surface area contributed by atoms with E-state index in [-0.39, 0.29) is 5.91 Å². The molecule has 5 heteroatoms. The number of nitrogens with one attached hydrogen (secondary N) is 1. The molecule has 0 radical (unpaired) electrons.